The summed E-state index contributed by atoms with van der Waals surface area (Å²) in [5.74, 6) is -0.389. The average Bonchev–Trinajstić information content (AvgIpc) is 2.76. The van der Waals surface area contributed by atoms with Crippen LogP contribution in [0.15, 0.2) is 12.1 Å². The molecule has 0 spiro atoms. The van der Waals surface area contributed by atoms with Crippen LogP contribution >= 0.6 is 0 Å². The van der Waals surface area contributed by atoms with Crippen LogP contribution in [-0.2, 0) is 19.0 Å². The lowest BCUT2D eigenvalue weighted by atomic mass is 9.99. The van der Waals surface area contributed by atoms with E-state index in [2.05, 4.69) is 23.8 Å². The van der Waals surface area contributed by atoms with Crippen LogP contribution in [0.5, 0.6) is 0 Å². The Labute approximate surface area is 107 Å². The number of carbonyl (C=O) groups is 1. The fourth-order valence-corrected chi connectivity index (χ4v) is 2.37. The van der Waals surface area contributed by atoms with Gasteiger partial charge in [-0.05, 0) is 31.9 Å². The number of esters is 1. The SMILES string of the molecule is COC(=O)[C@@H]1CO[C@@H](c2c(C)cc(C)cc2C)O1. The summed E-state index contributed by atoms with van der Waals surface area (Å²) in [5.41, 5.74) is 4.44. The molecule has 98 valence electrons. The van der Waals surface area contributed by atoms with Gasteiger partial charge in [0.05, 0.1) is 13.7 Å². The molecule has 0 N–H and O–H groups in total. The smallest absolute Gasteiger partial charge is 0.337 e. The fourth-order valence-electron chi connectivity index (χ4n) is 2.37. The van der Waals surface area contributed by atoms with Gasteiger partial charge in [0.25, 0.3) is 0 Å². The second kappa shape index (κ2) is 5.08. The first kappa shape index (κ1) is 13.1. The third-order valence-corrected chi connectivity index (χ3v) is 3.12. The largest absolute Gasteiger partial charge is 0.467 e. The summed E-state index contributed by atoms with van der Waals surface area (Å²) in [6.07, 6.45) is -1.10. The van der Waals surface area contributed by atoms with Gasteiger partial charge in [0, 0.05) is 5.56 Å². The van der Waals surface area contributed by atoms with Gasteiger partial charge in [-0.3, -0.25) is 0 Å². The van der Waals surface area contributed by atoms with Crippen LogP contribution in [0.1, 0.15) is 28.5 Å². The van der Waals surface area contributed by atoms with E-state index in [1.54, 1.807) is 0 Å². The van der Waals surface area contributed by atoms with Gasteiger partial charge in [0.1, 0.15) is 0 Å². The number of hydrogen-bond donors (Lipinski definition) is 0. The molecule has 2 rings (SSSR count). The van der Waals surface area contributed by atoms with E-state index in [0.29, 0.717) is 0 Å². The van der Waals surface area contributed by atoms with E-state index in [-0.39, 0.29) is 12.6 Å². The minimum atomic E-state index is -0.625. The van der Waals surface area contributed by atoms with Crippen molar-refractivity contribution in [3.05, 3.63) is 34.4 Å². The van der Waals surface area contributed by atoms with Crippen LogP contribution in [0.25, 0.3) is 0 Å². The predicted octanol–water partition coefficient (Wildman–Crippen LogP) is 2.20. The Morgan fingerprint density at radius 3 is 2.44 bits per heavy atom. The molecule has 1 saturated heterocycles. The summed E-state index contributed by atoms with van der Waals surface area (Å²) in [7, 11) is 1.35. The number of benzene rings is 1. The predicted molar refractivity (Wildman–Crippen MR) is 66.2 cm³/mol. The molecule has 1 aromatic carbocycles. The first-order chi connectivity index (χ1) is 8.52. The number of rotatable bonds is 2. The van der Waals surface area contributed by atoms with Crippen LogP contribution in [0, 0.1) is 20.8 Å². The molecule has 0 amide bonds. The second-order valence-corrected chi connectivity index (χ2v) is 4.63. The maximum atomic E-state index is 11.4. The summed E-state index contributed by atoms with van der Waals surface area (Å²) in [6.45, 7) is 6.34. The molecule has 1 fully saturated rings. The van der Waals surface area contributed by atoms with E-state index in [1.165, 1.54) is 12.7 Å². The Morgan fingerprint density at radius 1 is 1.28 bits per heavy atom. The normalized spacial score (nSPS) is 23.1. The number of ether oxygens (including phenoxy) is 3. The van der Waals surface area contributed by atoms with Crippen molar-refractivity contribution in [3.63, 3.8) is 0 Å². The number of aryl methyl sites for hydroxylation is 3. The molecule has 0 bridgehead atoms. The molecule has 1 heterocycles. The average molecular weight is 250 g/mol. The molecule has 4 heteroatoms. The third kappa shape index (κ3) is 2.40. The molecule has 1 aromatic rings. The molecular formula is C14H18O4. The van der Waals surface area contributed by atoms with Crippen LogP contribution in [0.2, 0.25) is 0 Å². The molecule has 0 saturated carbocycles. The third-order valence-electron chi connectivity index (χ3n) is 3.12. The molecule has 18 heavy (non-hydrogen) atoms. The van der Waals surface area contributed by atoms with Crippen LogP contribution in [-0.4, -0.2) is 25.8 Å². The summed E-state index contributed by atoms with van der Waals surface area (Å²) in [6, 6.07) is 4.17. The number of methoxy groups -OCH3 is 1. The van der Waals surface area contributed by atoms with E-state index in [0.717, 1.165) is 16.7 Å². The maximum Gasteiger partial charge on any atom is 0.337 e. The maximum absolute atomic E-state index is 11.4. The molecule has 0 unspecified atom stereocenters. The van der Waals surface area contributed by atoms with Gasteiger partial charge in [-0.15, -0.1) is 0 Å². The van der Waals surface area contributed by atoms with Crippen molar-refractivity contribution in [1.82, 2.24) is 0 Å². The minimum Gasteiger partial charge on any atom is -0.467 e. The Bertz CT molecular complexity index is 444. The molecule has 0 aliphatic carbocycles. The molecule has 1 aliphatic rings. The van der Waals surface area contributed by atoms with Crippen molar-refractivity contribution in [3.8, 4) is 0 Å². The van der Waals surface area contributed by atoms with Gasteiger partial charge in [-0.25, -0.2) is 4.79 Å². The summed E-state index contributed by atoms with van der Waals surface area (Å²) in [4.78, 5) is 11.4. The van der Waals surface area contributed by atoms with E-state index in [9.17, 15) is 4.79 Å². The fraction of sp³-hybridized carbons (Fsp3) is 0.500. The highest BCUT2D eigenvalue weighted by molar-refractivity contribution is 5.75. The monoisotopic (exact) mass is 250 g/mol. The van der Waals surface area contributed by atoms with Crippen molar-refractivity contribution in [2.75, 3.05) is 13.7 Å². The zero-order chi connectivity index (χ0) is 13.3. The molecular weight excluding hydrogens is 232 g/mol. The summed E-state index contributed by atoms with van der Waals surface area (Å²) < 4.78 is 15.8. The highest BCUT2D eigenvalue weighted by atomic mass is 16.7. The van der Waals surface area contributed by atoms with E-state index in [1.807, 2.05) is 13.8 Å². The van der Waals surface area contributed by atoms with Crippen LogP contribution < -0.4 is 0 Å². The Balaban J connectivity index is 2.22. The minimum absolute atomic E-state index is 0.240. The van der Waals surface area contributed by atoms with E-state index in [4.69, 9.17) is 9.47 Å². The highest BCUT2D eigenvalue weighted by Gasteiger charge is 2.34. The lowest BCUT2D eigenvalue weighted by molar-refractivity contribution is -0.154. The zero-order valence-electron chi connectivity index (χ0n) is 11.1. The van der Waals surface area contributed by atoms with E-state index >= 15 is 0 Å². The van der Waals surface area contributed by atoms with Gasteiger partial charge in [0.2, 0.25) is 0 Å². The quantitative estimate of drug-likeness (QED) is 0.755. The van der Waals surface area contributed by atoms with Gasteiger partial charge < -0.3 is 14.2 Å². The van der Waals surface area contributed by atoms with E-state index < -0.39 is 12.4 Å². The first-order valence-electron chi connectivity index (χ1n) is 5.95. The molecule has 2 atom stereocenters. The van der Waals surface area contributed by atoms with Crippen molar-refractivity contribution in [2.45, 2.75) is 33.2 Å². The topological polar surface area (TPSA) is 44.8 Å². The lowest BCUT2D eigenvalue weighted by Gasteiger charge is -2.17. The highest BCUT2D eigenvalue weighted by Crippen LogP contribution is 2.32. The standard InChI is InChI=1S/C14H18O4/c1-8-5-9(2)12(10(3)6-8)14-17-7-11(18-14)13(15)16-4/h5-6,11,14H,7H2,1-4H3/t11-,14+/m0/s1. The van der Waals surface area contributed by atoms with Gasteiger partial charge >= 0.3 is 5.97 Å². The number of carbonyl (C=O) groups excluding carboxylic acids is 1. The van der Waals surface area contributed by atoms with Gasteiger partial charge in [-0.2, -0.15) is 0 Å². The van der Waals surface area contributed by atoms with Crippen molar-refractivity contribution in [2.24, 2.45) is 0 Å². The Kier molecular flexibility index (Phi) is 3.68. The molecule has 4 nitrogen and oxygen atoms in total. The number of hydrogen-bond acceptors (Lipinski definition) is 4. The van der Waals surface area contributed by atoms with Crippen LogP contribution in [0.4, 0.5) is 0 Å². The van der Waals surface area contributed by atoms with Crippen molar-refractivity contribution >= 4 is 5.97 Å². The molecule has 1 aliphatic heterocycles. The van der Waals surface area contributed by atoms with Crippen LogP contribution in [0.3, 0.4) is 0 Å². The Hall–Kier alpha value is -1.39. The molecule has 0 aromatic heterocycles. The van der Waals surface area contributed by atoms with Gasteiger partial charge in [-0.1, -0.05) is 17.7 Å². The Morgan fingerprint density at radius 2 is 1.89 bits per heavy atom. The summed E-state index contributed by atoms with van der Waals surface area (Å²) >= 11 is 0. The zero-order valence-corrected chi connectivity index (χ0v) is 11.1. The molecule has 0 radical (unpaired) electrons. The van der Waals surface area contributed by atoms with Gasteiger partial charge in [0.15, 0.2) is 12.4 Å². The first-order valence-corrected chi connectivity index (χ1v) is 5.95. The van der Waals surface area contributed by atoms with Crippen molar-refractivity contribution < 1.29 is 19.0 Å². The second-order valence-electron chi connectivity index (χ2n) is 4.63. The lowest BCUT2D eigenvalue weighted by Crippen LogP contribution is -2.24. The summed E-state index contributed by atoms with van der Waals surface area (Å²) in [5, 5.41) is 0. The van der Waals surface area contributed by atoms with Crippen molar-refractivity contribution in [1.29, 1.82) is 0 Å².